The molecule has 0 saturated carbocycles. The zero-order valence-electron chi connectivity index (χ0n) is 17.2. The fourth-order valence-corrected chi connectivity index (χ4v) is 3.68. The second-order valence-corrected chi connectivity index (χ2v) is 7.54. The molecular formula is C23H30N3O3+. The van der Waals surface area contributed by atoms with Gasteiger partial charge in [0.15, 0.2) is 12.3 Å². The van der Waals surface area contributed by atoms with Crippen LogP contribution in [-0.4, -0.2) is 57.6 Å². The summed E-state index contributed by atoms with van der Waals surface area (Å²) in [5.74, 6) is 0.774. The Bertz CT molecular complexity index is 817. The van der Waals surface area contributed by atoms with E-state index in [1.807, 2.05) is 48.5 Å². The van der Waals surface area contributed by atoms with Crippen LogP contribution in [-0.2, 0) is 16.0 Å². The van der Waals surface area contributed by atoms with Crippen molar-refractivity contribution in [2.45, 2.75) is 19.4 Å². The maximum Gasteiger partial charge on any atom is 0.275 e. The third kappa shape index (κ3) is 6.06. The third-order valence-electron chi connectivity index (χ3n) is 5.41. The summed E-state index contributed by atoms with van der Waals surface area (Å²) in [4.78, 5) is 28.1. The maximum atomic E-state index is 12.5. The minimum absolute atomic E-state index is 0.0138. The van der Waals surface area contributed by atoms with Gasteiger partial charge >= 0.3 is 0 Å². The molecule has 1 atom stereocenters. The van der Waals surface area contributed by atoms with E-state index in [2.05, 4.69) is 16.3 Å². The van der Waals surface area contributed by atoms with Gasteiger partial charge in [0.2, 0.25) is 0 Å². The second-order valence-electron chi connectivity index (χ2n) is 7.54. The maximum absolute atomic E-state index is 12.5. The number of hydrogen-bond donors (Lipinski definition) is 2. The van der Waals surface area contributed by atoms with Gasteiger partial charge in [0.05, 0.1) is 39.3 Å². The van der Waals surface area contributed by atoms with Gasteiger partial charge in [-0.15, -0.1) is 0 Å². The van der Waals surface area contributed by atoms with Crippen LogP contribution in [0, 0.1) is 0 Å². The number of nitrogens with zero attached hydrogens (tertiary/aromatic N) is 1. The Hall–Kier alpha value is -2.86. The first-order valence-corrected chi connectivity index (χ1v) is 10.1. The number of carbonyl (C=O) groups is 2. The normalized spacial score (nSPS) is 15.6. The first-order valence-electron chi connectivity index (χ1n) is 10.1. The highest BCUT2D eigenvalue weighted by Gasteiger charge is 2.25. The number of nitrogens with one attached hydrogen (secondary N) is 2. The van der Waals surface area contributed by atoms with Gasteiger partial charge in [-0.25, -0.2) is 0 Å². The highest BCUT2D eigenvalue weighted by molar-refractivity contribution is 5.88. The lowest BCUT2D eigenvalue weighted by Crippen LogP contribution is -3.16. The van der Waals surface area contributed by atoms with Crippen molar-refractivity contribution in [1.29, 1.82) is 0 Å². The standard InChI is InChI=1S/C23H29N3O3/c1-18(27)22(15-19-7-4-3-5-8-19)24-23(28)17-25-11-13-26(14-12-25)20-9-6-10-21(16-20)29-2/h3-10,16,22H,11-15,17H2,1-2H3,(H,24,28)/p+1/t22-/m1/s1. The quantitative estimate of drug-likeness (QED) is 0.690. The lowest BCUT2D eigenvalue weighted by molar-refractivity contribution is -0.892. The first-order chi connectivity index (χ1) is 14.0. The van der Waals surface area contributed by atoms with Crippen LogP contribution < -0.4 is 19.9 Å². The van der Waals surface area contributed by atoms with Crippen LogP contribution >= 0.6 is 0 Å². The molecular weight excluding hydrogens is 366 g/mol. The number of anilines is 1. The summed E-state index contributed by atoms with van der Waals surface area (Å²) in [5.41, 5.74) is 2.19. The average Bonchev–Trinajstić information content (AvgIpc) is 2.74. The molecule has 2 aromatic carbocycles. The Morgan fingerprint density at radius 2 is 1.83 bits per heavy atom. The van der Waals surface area contributed by atoms with E-state index in [0.29, 0.717) is 13.0 Å². The Morgan fingerprint density at radius 1 is 1.10 bits per heavy atom. The summed E-state index contributed by atoms with van der Waals surface area (Å²) in [6.07, 6.45) is 0.529. The molecule has 0 radical (unpaired) electrons. The van der Waals surface area contributed by atoms with Crippen molar-refractivity contribution in [2.75, 3.05) is 44.7 Å². The van der Waals surface area contributed by atoms with Crippen molar-refractivity contribution in [2.24, 2.45) is 0 Å². The van der Waals surface area contributed by atoms with Crippen molar-refractivity contribution in [3.63, 3.8) is 0 Å². The monoisotopic (exact) mass is 396 g/mol. The predicted octanol–water partition coefficient (Wildman–Crippen LogP) is 0.717. The molecule has 2 N–H and O–H groups in total. The molecule has 29 heavy (non-hydrogen) atoms. The smallest absolute Gasteiger partial charge is 0.275 e. The van der Waals surface area contributed by atoms with Crippen LogP contribution in [0.2, 0.25) is 0 Å². The van der Waals surface area contributed by atoms with Gasteiger partial charge in [0.1, 0.15) is 5.75 Å². The van der Waals surface area contributed by atoms with Gasteiger partial charge in [0.25, 0.3) is 5.91 Å². The summed E-state index contributed by atoms with van der Waals surface area (Å²) in [6.45, 7) is 5.46. The van der Waals surface area contributed by atoms with E-state index >= 15 is 0 Å². The molecule has 154 valence electrons. The number of carbonyl (C=O) groups excluding carboxylic acids is 2. The number of amides is 1. The predicted molar refractivity (Wildman–Crippen MR) is 114 cm³/mol. The fraction of sp³-hybridized carbons (Fsp3) is 0.391. The largest absolute Gasteiger partial charge is 0.497 e. The van der Waals surface area contributed by atoms with Gasteiger partial charge < -0.3 is 19.9 Å². The second kappa shape index (κ2) is 10.1. The number of piperazine rings is 1. The summed E-state index contributed by atoms with van der Waals surface area (Å²) < 4.78 is 5.31. The van der Waals surface area contributed by atoms with Crippen molar-refractivity contribution >= 4 is 17.4 Å². The molecule has 1 fully saturated rings. The molecule has 6 nitrogen and oxygen atoms in total. The van der Waals surface area contributed by atoms with Crippen molar-refractivity contribution in [3.05, 3.63) is 60.2 Å². The van der Waals surface area contributed by atoms with E-state index in [1.54, 1.807) is 7.11 Å². The first kappa shape index (κ1) is 20.9. The molecule has 2 aromatic rings. The van der Waals surface area contributed by atoms with E-state index in [1.165, 1.54) is 11.8 Å². The highest BCUT2D eigenvalue weighted by Crippen LogP contribution is 2.20. The summed E-state index contributed by atoms with van der Waals surface area (Å²) >= 11 is 0. The number of hydrogen-bond acceptors (Lipinski definition) is 4. The number of quaternary nitrogens is 1. The molecule has 0 spiro atoms. The highest BCUT2D eigenvalue weighted by atomic mass is 16.5. The zero-order valence-corrected chi connectivity index (χ0v) is 17.2. The number of ether oxygens (including phenoxy) is 1. The third-order valence-corrected chi connectivity index (χ3v) is 5.41. The number of rotatable bonds is 8. The van der Waals surface area contributed by atoms with E-state index in [4.69, 9.17) is 4.74 Å². The molecule has 1 heterocycles. The van der Waals surface area contributed by atoms with Crippen LogP contribution in [0.1, 0.15) is 12.5 Å². The number of ketones is 1. The van der Waals surface area contributed by atoms with Gasteiger partial charge in [0, 0.05) is 11.8 Å². The molecule has 1 amide bonds. The molecule has 1 aliphatic rings. The van der Waals surface area contributed by atoms with E-state index in [-0.39, 0.29) is 11.7 Å². The molecule has 0 aliphatic carbocycles. The van der Waals surface area contributed by atoms with Crippen LogP contribution in [0.15, 0.2) is 54.6 Å². The lowest BCUT2D eigenvalue weighted by Gasteiger charge is -2.33. The molecule has 0 aromatic heterocycles. The van der Waals surface area contributed by atoms with Crippen LogP contribution in [0.25, 0.3) is 0 Å². The van der Waals surface area contributed by atoms with E-state index in [0.717, 1.165) is 43.2 Å². The molecule has 1 aliphatic heterocycles. The molecule has 1 saturated heterocycles. The number of methoxy groups -OCH3 is 1. The van der Waals surface area contributed by atoms with Crippen LogP contribution in [0.5, 0.6) is 5.75 Å². The van der Waals surface area contributed by atoms with Crippen molar-refractivity contribution < 1.29 is 19.2 Å². The van der Waals surface area contributed by atoms with E-state index in [9.17, 15) is 9.59 Å². The van der Waals surface area contributed by atoms with Gasteiger partial charge in [-0.1, -0.05) is 36.4 Å². The summed E-state index contributed by atoms with van der Waals surface area (Å²) in [5, 5.41) is 2.93. The Balaban J connectivity index is 1.49. The Labute approximate surface area is 172 Å². The Morgan fingerprint density at radius 3 is 2.48 bits per heavy atom. The molecule has 6 heteroatoms. The topological polar surface area (TPSA) is 63.1 Å². The number of Topliss-reactive ketones (excluding diaryl/α,β-unsaturated/α-hetero) is 1. The molecule has 0 unspecified atom stereocenters. The summed E-state index contributed by atoms with van der Waals surface area (Å²) in [7, 11) is 1.67. The molecule has 0 bridgehead atoms. The summed E-state index contributed by atoms with van der Waals surface area (Å²) in [6, 6.07) is 17.4. The Kier molecular flexibility index (Phi) is 7.25. The van der Waals surface area contributed by atoms with Gasteiger partial charge in [-0.05, 0) is 31.0 Å². The minimum atomic E-state index is -0.470. The minimum Gasteiger partial charge on any atom is -0.497 e. The van der Waals surface area contributed by atoms with Crippen molar-refractivity contribution in [1.82, 2.24) is 5.32 Å². The van der Waals surface area contributed by atoms with Crippen LogP contribution in [0.3, 0.4) is 0 Å². The van der Waals surface area contributed by atoms with Crippen LogP contribution in [0.4, 0.5) is 5.69 Å². The molecule has 3 rings (SSSR count). The zero-order chi connectivity index (χ0) is 20.6. The van der Waals surface area contributed by atoms with Crippen molar-refractivity contribution in [3.8, 4) is 5.75 Å². The van der Waals surface area contributed by atoms with E-state index < -0.39 is 6.04 Å². The SMILES string of the molecule is COc1cccc(N2CC[NH+](CC(=O)N[C@H](Cc3ccccc3)C(C)=O)CC2)c1. The van der Waals surface area contributed by atoms with Gasteiger partial charge in [-0.2, -0.15) is 0 Å². The average molecular weight is 397 g/mol. The lowest BCUT2D eigenvalue weighted by atomic mass is 10.0. The van der Waals surface area contributed by atoms with Gasteiger partial charge in [-0.3, -0.25) is 9.59 Å². The fourth-order valence-electron chi connectivity index (χ4n) is 3.68. The number of benzene rings is 2.